The van der Waals surface area contributed by atoms with Gasteiger partial charge in [0.05, 0.1) is 19.1 Å². The van der Waals surface area contributed by atoms with Crippen LogP contribution < -0.4 is 14.4 Å². The minimum atomic E-state index is -3.57. The third kappa shape index (κ3) is 9.32. The number of anilines is 1. The van der Waals surface area contributed by atoms with Crippen LogP contribution in [0.4, 0.5) is 5.69 Å². The zero-order chi connectivity index (χ0) is 31.5. The van der Waals surface area contributed by atoms with E-state index >= 15 is 0 Å². The van der Waals surface area contributed by atoms with E-state index in [0.717, 1.165) is 42.4 Å². The summed E-state index contributed by atoms with van der Waals surface area (Å²) in [5.74, 6) is 0.309. The van der Waals surface area contributed by atoms with E-state index in [0.29, 0.717) is 24.3 Å². The number of sulfonamides is 1. The van der Waals surface area contributed by atoms with Gasteiger partial charge >= 0.3 is 0 Å². The lowest BCUT2D eigenvalue weighted by Crippen LogP contribution is -2.52. The number of rotatable bonds is 14. The van der Waals surface area contributed by atoms with Crippen molar-refractivity contribution >= 4 is 27.5 Å². The molecule has 0 bridgehead atoms. The fraction of sp³-hybridized carbons (Fsp3) is 0.429. The number of carbonyl (C=O) groups excluding carboxylic acids is 2. The molecule has 0 saturated heterocycles. The summed E-state index contributed by atoms with van der Waals surface area (Å²) in [6.45, 7) is 2.24. The number of methoxy groups -OCH3 is 1. The summed E-state index contributed by atoms with van der Waals surface area (Å²) in [6, 6.07) is 23.9. The van der Waals surface area contributed by atoms with Gasteiger partial charge in [0, 0.05) is 32.0 Å². The maximum absolute atomic E-state index is 14.1. The molecule has 44 heavy (non-hydrogen) atoms. The molecule has 0 aliphatic heterocycles. The summed E-state index contributed by atoms with van der Waals surface area (Å²) in [5, 5.41) is 3.26. The monoisotopic (exact) mass is 619 g/mol. The molecule has 1 N–H and O–H groups in total. The Morgan fingerprint density at radius 2 is 1.61 bits per heavy atom. The second-order valence-corrected chi connectivity index (χ2v) is 13.6. The van der Waals surface area contributed by atoms with E-state index in [4.69, 9.17) is 4.74 Å². The molecule has 0 spiro atoms. The van der Waals surface area contributed by atoms with Gasteiger partial charge in [-0.3, -0.25) is 13.9 Å². The smallest absolute Gasteiger partial charge is 0.243 e. The van der Waals surface area contributed by atoms with E-state index in [1.54, 1.807) is 24.1 Å². The predicted octanol–water partition coefficient (Wildman–Crippen LogP) is 5.64. The summed E-state index contributed by atoms with van der Waals surface area (Å²) in [6.07, 6.45) is 7.16. The van der Waals surface area contributed by atoms with Crippen molar-refractivity contribution in [1.29, 1.82) is 0 Å². The van der Waals surface area contributed by atoms with Crippen molar-refractivity contribution in [1.82, 2.24) is 10.2 Å². The SMILES string of the molecule is COc1cccc(CN(C(=O)CCCN(c2ccccc2C)S(C)(=O)=O)C(Cc2ccccc2)C(=O)NC2CCCCC2)c1. The zero-order valence-electron chi connectivity index (χ0n) is 26.1. The fourth-order valence-corrected chi connectivity index (χ4v) is 6.91. The van der Waals surface area contributed by atoms with Gasteiger partial charge in [-0.15, -0.1) is 0 Å². The highest BCUT2D eigenvalue weighted by Crippen LogP contribution is 2.24. The molecule has 236 valence electrons. The van der Waals surface area contributed by atoms with Crippen molar-refractivity contribution in [2.45, 2.75) is 76.9 Å². The molecule has 0 aromatic heterocycles. The van der Waals surface area contributed by atoms with E-state index in [9.17, 15) is 18.0 Å². The summed E-state index contributed by atoms with van der Waals surface area (Å²) in [4.78, 5) is 29.8. The molecule has 8 nitrogen and oxygen atoms in total. The molecule has 1 atom stereocenters. The Morgan fingerprint density at radius 3 is 2.30 bits per heavy atom. The summed E-state index contributed by atoms with van der Waals surface area (Å²) >= 11 is 0. The van der Waals surface area contributed by atoms with Crippen LogP contribution in [-0.4, -0.2) is 57.1 Å². The van der Waals surface area contributed by atoms with Gasteiger partial charge in [-0.25, -0.2) is 8.42 Å². The van der Waals surface area contributed by atoms with Crippen LogP contribution in [0.3, 0.4) is 0 Å². The normalized spacial score (nSPS) is 14.4. The van der Waals surface area contributed by atoms with E-state index in [-0.39, 0.29) is 37.4 Å². The topological polar surface area (TPSA) is 96.0 Å². The molecule has 2 amide bonds. The maximum Gasteiger partial charge on any atom is 0.243 e. The minimum absolute atomic E-state index is 0.0872. The van der Waals surface area contributed by atoms with Crippen LogP contribution in [0.2, 0.25) is 0 Å². The highest BCUT2D eigenvalue weighted by Gasteiger charge is 2.32. The van der Waals surface area contributed by atoms with Crippen molar-refractivity contribution < 1.29 is 22.7 Å². The minimum Gasteiger partial charge on any atom is -0.497 e. The lowest BCUT2D eigenvalue weighted by Gasteiger charge is -2.34. The van der Waals surface area contributed by atoms with Crippen LogP contribution in [0.1, 0.15) is 61.6 Å². The second kappa shape index (κ2) is 15.7. The molecule has 1 saturated carbocycles. The molecule has 0 radical (unpaired) electrons. The predicted molar refractivity (Wildman–Crippen MR) is 175 cm³/mol. The molecule has 9 heteroatoms. The number of ether oxygens (including phenoxy) is 1. The Labute approximate surface area is 262 Å². The lowest BCUT2D eigenvalue weighted by atomic mass is 9.94. The van der Waals surface area contributed by atoms with Gasteiger partial charge < -0.3 is 15.0 Å². The summed E-state index contributed by atoms with van der Waals surface area (Å²) in [5.41, 5.74) is 3.25. The standard InChI is InChI=1S/C35H45N3O5S/c1-27-14-10-11-21-32(27)38(44(3,41)42)23-13-22-34(39)37(26-29-17-12-20-31(24-29)43-2)33(25-28-15-6-4-7-16-28)35(40)36-30-18-8-5-9-19-30/h4,6-7,10-12,14-17,20-21,24,30,33H,5,8-9,13,18-19,22-23,25-26H2,1-3H3,(H,36,40). The van der Waals surface area contributed by atoms with E-state index < -0.39 is 16.1 Å². The number of nitrogens with one attached hydrogen (secondary N) is 1. The Kier molecular flexibility index (Phi) is 11.8. The number of benzene rings is 3. The Hall–Kier alpha value is -3.85. The number of para-hydroxylation sites is 1. The number of hydrogen-bond acceptors (Lipinski definition) is 5. The van der Waals surface area contributed by atoms with Crippen molar-refractivity contribution in [3.8, 4) is 5.75 Å². The molecule has 1 fully saturated rings. The molecular formula is C35H45N3O5S. The maximum atomic E-state index is 14.1. The van der Waals surface area contributed by atoms with Crippen molar-refractivity contribution in [2.24, 2.45) is 0 Å². The number of carbonyl (C=O) groups is 2. The van der Waals surface area contributed by atoms with Crippen LogP contribution in [0, 0.1) is 6.92 Å². The molecule has 1 aliphatic carbocycles. The summed E-state index contributed by atoms with van der Waals surface area (Å²) < 4.78 is 32.3. The molecule has 3 aromatic rings. The third-order valence-corrected chi connectivity index (χ3v) is 9.43. The van der Waals surface area contributed by atoms with Gasteiger partial charge in [-0.2, -0.15) is 0 Å². The molecule has 0 heterocycles. The lowest BCUT2D eigenvalue weighted by molar-refractivity contribution is -0.141. The van der Waals surface area contributed by atoms with Gasteiger partial charge in [0.25, 0.3) is 0 Å². The van der Waals surface area contributed by atoms with Gasteiger partial charge in [0.1, 0.15) is 11.8 Å². The van der Waals surface area contributed by atoms with Crippen molar-refractivity contribution in [2.75, 3.05) is 24.2 Å². The largest absolute Gasteiger partial charge is 0.497 e. The van der Waals surface area contributed by atoms with E-state index in [2.05, 4.69) is 5.32 Å². The average Bonchev–Trinajstić information content (AvgIpc) is 3.02. The third-order valence-electron chi connectivity index (χ3n) is 8.25. The number of nitrogens with zero attached hydrogens (tertiary/aromatic N) is 2. The molecule has 4 rings (SSSR count). The fourth-order valence-electron chi connectivity index (χ4n) is 5.89. The summed E-state index contributed by atoms with van der Waals surface area (Å²) in [7, 11) is -1.97. The highest BCUT2D eigenvalue weighted by molar-refractivity contribution is 7.92. The number of aryl methyl sites for hydroxylation is 1. The van der Waals surface area contributed by atoms with Gasteiger partial charge in [-0.05, 0) is 61.1 Å². The second-order valence-electron chi connectivity index (χ2n) is 11.6. The first-order valence-corrected chi connectivity index (χ1v) is 17.3. The van der Waals surface area contributed by atoms with Crippen LogP contribution in [0.15, 0.2) is 78.9 Å². The molecule has 1 aliphatic rings. The Balaban J connectivity index is 1.61. The molecule has 1 unspecified atom stereocenters. The van der Waals surface area contributed by atoms with E-state index in [1.165, 1.54) is 17.0 Å². The van der Waals surface area contributed by atoms with Gasteiger partial charge in [0.2, 0.25) is 21.8 Å². The number of hydrogen-bond donors (Lipinski definition) is 1. The van der Waals surface area contributed by atoms with Crippen molar-refractivity contribution in [3.63, 3.8) is 0 Å². The zero-order valence-corrected chi connectivity index (χ0v) is 26.9. The average molecular weight is 620 g/mol. The Bertz CT molecular complexity index is 1490. The van der Waals surface area contributed by atoms with Crippen LogP contribution in [0.25, 0.3) is 0 Å². The first-order chi connectivity index (χ1) is 21.2. The van der Waals surface area contributed by atoms with Crippen LogP contribution in [-0.2, 0) is 32.6 Å². The van der Waals surface area contributed by atoms with Crippen LogP contribution >= 0.6 is 0 Å². The number of amides is 2. The first-order valence-electron chi connectivity index (χ1n) is 15.5. The Morgan fingerprint density at radius 1 is 0.932 bits per heavy atom. The first kappa shape index (κ1) is 33.1. The van der Waals surface area contributed by atoms with Gasteiger partial charge in [-0.1, -0.05) is 79.9 Å². The molecular weight excluding hydrogens is 574 g/mol. The van der Waals surface area contributed by atoms with E-state index in [1.807, 2.05) is 73.7 Å². The van der Waals surface area contributed by atoms with Crippen LogP contribution in [0.5, 0.6) is 5.75 Å². The molecule has 3 aromatic carbocycles. The quantitative estimate of drug-likeness (QED) is 0.252. The van der Waals surface area contributed by atoms with Crippen molar-refractivity contribution in [3.05, 3.63) is 95.6 Å². The van der Waals surface area contributed by atoms with Gasteiger partial charge in [0.15, 0.2) is 0 Å². The highest BCUT2D eigenvalue weighted by atomic mass is 32.2.